The second-order valence-electron chi connectivity index (χ2n) is 3.99. The minimum Gasteiger partial charge on any atom is -0.377 e. The zero-order valence-corrected chi connectivity index (χ0v) is 12.0. The van der Waals surface area contributed by atoms with Gasteiger partial charge in [0.1, 0.15) is 0 Å². The van der Waals surface area contributed by atoms with Gasteiger partial charge < -0.3 is 5.32 Å². The van der Waals surface area contributed by atoms with Crippen LogP contribution in [0.1, 0.15) is 18.5 Å². The Morgan fingerprint density at radius 2 is 1.56 bits per heavy atom. The van der Waals surface area contributed by atoms with Gasteiger partial charge in [0, 0.05) is 5.02 Å². The van der Waals surface area contributed by atoms with E-state index in [0.29, 0.717) is 10.0 Å². The van der Waals surface area contributed by atoms with Crippen LogP contribution in [0.3, 0.4) is 0 Å². The second kappa shape index (κ2) is 5.83. The molecule has 1 nitrogen and oxygen atoms in total. The van der Waals surface area contributed by atoms with Gasteiger partial charge in [-0.25, -0.2) is 0 Å². The van der Waals surface area contributed by atoms with Gasteiger partial charge in [-0.2, -0.15) is 0 Å². The van der Waals surface area contributed by atoms with Crippen molar-refractivity contribution in [2.75, 3.05) is 5.32 Å². The Morgan fingerprint density at radius 3 is 2.28 bits per heavy atom. The molecule has 1 atom stereocenters. The lowest BCUT2D eigenvalue weighted by Gasteiger charge is -2.18. The summed E-state index contributed by atoms with van der Waals surface area (Å²) in [6.45, 7) is 2.03. The Labute approximate surface area is 122 Å². The highest BCUT2D eigenvalue weighted by atomic mass is 35.5. The summed E-state index contributed by atoms with van der Waals surface area (Å²) in [5.74, 6) is 0. The standard InChI is InChI=1S/C14H12Cl3N/c1-9(10-5-2-3-6-11(10)15)18-13-8-4-7-12(16)14(13)17/h2-9,18H,1H3. The van der Waals surface area contributed by atoms with E-state index in [9.17, 15) is 0 Å². The summed E-state index contributed by atoms with van der Waals surface area (Å²) in [7, 11) is 0. The number of nitrogens with one attached hydrogen (secondary N) is 1. The predicted molar refractivity (Wildman–Crippen MR) is 80.0 cm³/mol. The molecule has 2 rings (SSSR count). The zero-order valence-electron chi connectivity index (χ0n) is 9.75. The van der Waals surface area contributed by atoms with Gasteiger partial charge in [-0.15, -0.1) is 0 Å². The maximum Gasteiger partial charge on any atom is 0.0823 e. The van der Waals surface area contributed by atoms with Crippen molar-refractivity contribution in [1.29, 1.82) is 0 Å². The molecule has 0 bridgehead atoms. The van der Waals surface area contributed by atoms with Gasteiger partial charge in [-0.05, 0) is 30.7 Å². The summed E-state index contributed by atoms with van der Waals surface area (Å²) >= 11 is 18.3. The molecule has 0 spiro atoms. The van der Waals surface area contributed by atoms with Gasteiger partial charge in [-0.1, -0.05) is 59.1 Å². The van der Waals surface area contributed by atoms with Crippen molar-refractivity contribution >= 4 is 40.5 Å². The van der Waals surface area contributed by atoms with Gasteiger partial charge in [0.25, 0.3) is 0 Å². The Morgan fingerprint density at radius 1 is 0.889 bits per heavy atom. The number of benzene rings is 2. The number of hydrogen-bond acceptors (Lipinski definition) is 1. The first-order valence-corrected chi connectivity index (χ1v) is 6.68. The molecule has 0 saturated heterocycles. The topological polar surface area (TPSA) is 12.0 Å². The molecule has 18 heavy (non-hydrogen) atoms. The van der Waals surface area contributed by atoms with Crippen LogP contribution >= 0.6 is 34.8 Å². The summed E-state index contributed by atoms with van der Waals surface area (Å²) in [6, 6.07) is 13.3. The molecule has 0 aliphatic carbocycles. The molecule has 0 amide bonds. The van der Waals surface area contributed by atoms with Gasteiger partial charge in [-0.3, -0.25) is 0 Å². The third-order valence-electron chi connectivity index (χ3n) is 2.70. The summed E-state index contributed by atoms with van der Waals surface area (Å²) in [4.78, 5) is 0. The Hall–Kier alpha value is -0.890. The van der Waals surface area contributed by atoms with Crippen LogP contribution in [-0.4, -0.2) is 0 Å². The number of rotatable bonds is 3. The molecular weight excluding hydrogens is 289 g/mol. The van der Waals surface area contributed by atoms with Gasteiger partial charge in [0.2, 0.25) is 0 Å². The summed E-state index contributed by atoms with van der Waals surface area (Å²) in [5, 5.41) is 5.10. The molecule has 1 unspecified atom stereocenters. The quantitative estimate of drug-likeness (QED) is 0.753. The van der Waals surface area contributed by atoms with Crippen LogP contribution in [0.2, 0.25) is 15.1 Å². The first kappa shape index (κ1) is 13.5. The molecule has 0 heterocycles. The average Bonchev–Trinajstić information content (AvgIpc) is 2.35. The van der Waals surface area contributed by atoms with E-state index in [1.54, 1.807) is 6.07 Å². The zero-order chi connectivity index (χ0) is 13.1. The minimum atomic E-state index is 0.0506. The van der Waals surface area contributed by atoms with Crippen molar-refractivity contribution in [1.82, 2.24) is 0 Å². The van der Waals surface area contributed by atoms with Crippen molar-refractivity contribution < 1.29 is 0 Å². The van der Waals surface area contributed by atoms with Crippen LogP contribution in [-0.2, 0) is 0 Å². The Balaban J connectivity index is 2.24. The highest BCUT2D eigenvalue weighted by Crippen LogP contribution is 2.33. The summed E-state index contributed by atoms with van der Waals surface area (Å²) in [6.07, 6.45) is 0. The van der Waals surface area contributed by atoms with Crippen LogP contribution in [0.25, 0.3) is 0 Å². The molecule has 2 aromatic rings. The van der Waals surface area contributed by atoms with Crippen molar-refractivity contribution in [2.45, 2.75) is 13.0 Å². The normalized spacial score (nSPS) is 12.2. The first-order valence-electron chi connectivity index (χ1n) is 5.54. The van der Waals surface area contributed by atoms with E-state index >= 15 is 0 Å². The van der Waals surface area contributed by atoms with E-state index in [2.05, 4.69) is 5.32 Å². The largest absolute Gasteiger partial charge is 0.377 e. The second-order valence-corrected chi connectivity index (χ2v) is 5.18. The molecule has 1 N–H and O–H groups in total. The third kappa shape index (κ3) is 2.92. The van der Waals surface area contributed by atoms with E-state index in [1.165, 1.54) is 0 Å². The lowest BCUT2D eigenvalue weighted by atomic mass is 10.1. The van der Waals surface area contributed by atoms with Gasteiger partial charge in [0.15, 0.2) is 0 Å². The fourth-order valence-corrected chi connectivity index (χ4v) is 2.41. The van der Waals surface area contributed by atoms with Crippen molar-refractivity contribution in [3.05, 3.63) is 63.1 Å². The van der Waals surface area contributed by atoms with E-state index < -0.39 is 0 Å². The molecule has 0 aliphatic rings. The molecule has 0 aromatic heterocycles. The molecule has 94 valence electrons. The molecule has 4 heteroatoms. The van der Waals surface area contributed by atoms with Gasteiger partial charge in [0.05, 0.1) is 21.8 Å². The smallest absolute Gasteiger partial charge is 0.0823 e. The Kier molecular flexibility index (Phi) is 4.39. The molecule has 0 aliphatic heterocycles. The average molecular weight is 301 g/mol. The summed E-state index contributed by atoms with van der Waals surface area (Å²) < 4.78 is 0. The van der Waals surface area contributed by atoms with Crippen molar-refractivity contribution in [3.63, 3.8) is 0 Å². The Bertz CT molecular complexity index is 554. The van der Waals surface area contributed by atoms with E-state index in [-0.39, 0.29) is 6.04 Å². The molecule has 0 radical (unpaired) electrons. The molecule has 0 fully saturated rings. The van der Waals surface area contributed by atoms with E-state index in [1.807, 2.05) is 43.3 Å². The van der Waals surface area contributed by atoms with Gasteiger partial charge >= 0.3 is 0 Å². The number of halogens is 3. The predicted octanol–water partition coefficient (Wildman–Crippen LogP) is 5.82. The van der Waals surface area contributed by atoms with Crippen molar-refractivity contribution in [3.8, 4) is 0 Å². The highest BCUT2D eigenvalue weighted by Gasteiger charge is 2.11. The van der Waals surface area contributed by atoms with Crippen LogP contribution in [0.15, 0.2) is 42.5 Å². The lowest BCUT2D eigenvalue weighted by Crippen LogP contribution is -2.07. The third-order valence-corrected chi connectivity index (χ3v) is 3.86. The number of anilines is 1. The maximum absolute atomic E-state index is 6.16. The van der Waals surface area contributed by atoms with E-state index in [0.717, 1.165) is 16.3 Å². The van der Waals surface area contributed by atoms with Crippen LogP contribution < -0.4 is 5.32 Å². The fourth-order valence-electron chi connectivity index (χ4n) is 1.75. The van der Waals surface area contributed by atoms with E-state index in [4.69, 9.17) is 34.8 Å². The van der Waals surface area contributed by atoms with Crippen molar-refractivity contribution in [2.24, 2.45) is 0 Å². The minimum absolute atomic E-state index is 0.0506. The van der Waals surface area contributed by atoms with Crippen LogP contribution in [0.5, 0.6) is 0 Å². The molecule has 2 aromatic carbocycles. The molecular formula is C14H12Cl3N. The fraction of sp³-hybridized carbons (Fsp3) is 0.143. The molecule has 0 saturated carbocycles. The van der Waals surface area contributed by atoms with Crippen LogP contribution in [0, 0.1) is 0 Å². The lowest BCUT2D eigenvalue weighted by molar-refractivity contribution is 0.885. The summed E-state index contributed by atoms with van der Waals surface area (Å²) in [5.41, 5.74) is 1.83. The highest BCUT2D eigenvalue weighted by molar-refractivity contribution is 6.43. The maximum atomic E-state index is 6.16. The SMILES string of the molecule is CC(Nc1cccc(Cl)c1Cl)c1ccccc1Cl. The monoisotopic (exact) mass is 299 g/mol. The number of hydrogen-bond donors (Lipinski definition) is 1. The van der Waals surface area contributed by atoms with Crippen LogP contribution in [0.4, 0.5) is 5.69 Å². The first-order chi connectivity index (χ1) is 8.59.